The Morgan fingerprint density at radius 3 is 2.31 bits per heavy atom. The Hall–Kier alpha value is -4.09. The van der Waals surface area contributed by atoms with Gasteiger partial charge in [-0.1, -0.05) is 72.8 Å². The Morgan fingerprint density at radius 2 is 1.57 bits per heavy atom. The molecule has 0 spiro atoms. The molecule has 8 rings (SSSR count). The summed E-state index contributed by atoms with van der Waals surface area (Å²) in [4.78, 5) is 8.94. The van der Waals surface area contributed by atoms with Crippen LogP contribution in [0.2, 0.25) is 17.3 Å². The number of rotatable bonds is 6. The van der Waals surface area contributed by atoms with Crippen LogP contribution in [0.15, 0.2) is 120 Å². The molecule has 3 nitrogen and oxygen atoms in total. The summed E-state index contributed by atoms with van der Waals surface area (Å²) in [5, 5.41) is 6.42. The van der Waals surface area contributed by atoms with Gasteiger partial charge in [-0.05, 0) is 57.7 Å². The van der Waals surface area contributed by atoms with Crippen molar-refractivity contribution in [1.82, 2.24) is 9.97 Å². The van der Waals surface area contributed by atoms with Gasteiger partial charge in [0, 0.05) is 34.4 Å². The maximum Gasteiger partial charge on any atom is 0.121 e. The quantitative estimate of drug-likeness (QED) is 0.0948. The number of furan rings is 1. The molecule has 0 aliphatic heterocycles. The predicted octanol–water partition coefficient (Wildman–Crippen LogP) is 12.2. The van der Waals surface area contributed by atoms with Crippen LogP contribution in [0.5, 0.6) is 0 Å². The summed E-state index contributed by atoms with van der Waals surface area (Å²) >= 11 is -2.03. The Kier molecular flexibility index (Phi) is 9.13. The minimum absolute atomic E-state index is 0. The summed E-state index contributed by atoms with van der Waals surface area (Å²) in [5.41, 5.74) is 5.44. The molecule has 0 N–H and O–H groups in total. The molecule has 0 bridgehead atoms. The molecule has 8 aromatic rings. The number of hydrogen-bond donors (Lipinski definition) is 0. The van der Waals surface area contributed by atoms with Crippen LogP contribution < -0.4 is 4.40 Å². The van der Waals surface area contributed by atoms with Gasteiger partial charge in [-0.15, -0.1) is 18.2 Å². The van der Waals surface area contributed by atoms with E-state index >= 15 is 0 Å². The van der Waals surface area contributed by atoms with Crippen LogP contribution in [0.25, 0.3) is 66.0 Å². The van der Waals surface area contributed by atoms with Crippen LogP contribution in [-0.2, 0) is 26.5 Å². The predicted molar refractivity (Wildman–Crippen MR) is 215 cm³/mol. The van der Waals surface area contributed by atoms with E-state index in [-0.39, 0.29) is 43.8 Å². The molecule has 3 heterocycles. The second kappa shape index (κ2) is 15.3. The summed E-state index contributed by atoms with van der Waals surface area (Å²) in [6.45, 7) is 7.45. The summed E-state index contributed by atoms with van der Waals surface area (Å²) in [5.74, 6) is 6.08. The Labute approximate surface area is 325 Å². The third-order valence-corrected chi connectivity index (χ3v) is 13.1. The van der Waals surface area contributed by atoms with Crippen molar-refractivity contribution < 1.29 is 31.4 Å². The molecule has 0 atom stereocenters. The van der Waals surface area contributed by atoms with E-state index in [2.05, 4.69) is 81.8 Å². The van der Waals surface area contributed by atoms with Gasteiger partial charge in [0.1, 0.15) is 5.58 Å². The molecular weight excluding hydrogens is 861 g/mol. The first kappa shape index (κ1) is 30.5. The molecule has 0 aliphatic carbocycles. The van der Waals surface area contributed by atoms with Gasteiger partial charge < -0.3 is 9.40 Å². The molecule has 3 aromatic heterocycles. The van der Waals surface area contributed by atoms with Crippen molar-refractivity contribution in [2.24, 2.45) is 5.92 Å². The van der Waals surface area contributed by atoms with E-state index < -0.39 is 25.5 Å². The van der Waals surface area contributed by atoms with Gasteiger partial charge in [0.15, 0.2) is 0 Å². The van der Waals surface area contributed by atoms with Crippen molar-refractivity contribution in [3.05, 3.63) is 139 Å². The smallest absolute Gasteiger partial charge is 0.121 e. The third-order valence-electron chi connectivity index (χ3n) is 8.88. The molecular formula is C46H44GeIrN2O-2. The zero-order valence-corrected chi connectivity index (χ0v) is 34.5. The summed E-state index contributed by atoms with van der Waals surface area (Å²) in [6.07, 6.45) is -0.0341. The van der Waals surface area contributed by atoms with Gasteiger partial charge in [0.2, 0.25) is 0 Å². The summed E-state index contributed by atoms with van der Waals surface area (Å²) in [7, 11) is 0. The molecule has 0 fully saturated rings. The van der Waals surface area contributed by atoms with Crippen molar-refractivity contribution in [3.63, 3.8) is 0 Å². The van der Waals surface area contributed by atoms with Gasteiger partial charge in [-0.2, -0.15) is 0 Å². The number of nitrogens with zero attached hydrogens (tertiary/aromatic N) is 2. The van der Waals surface area contributed by atoms with Crippen molar-refractivity contribution in [1.29, 1.82) is 0 Å². The van der Waals surface area contributed by atoms with Crippen LogP contribution in [0.4, 0.5) is 0 Å². The van der Waals surface area contributed by atoms with Crippen molar-refractivity contribution >= 4 is 61.1 Å². The van der Waals surface area contributed by atoms with Gasteiger partial charge in [-0.25, -0.2) is 0 Å². The van der Waals surface area contributed by atoms with Crippen LogP contribution in [0, 0.1) is 18.1 Å². The van der Waals surface area contributed by atoms with E-state index in [9.17, 15) is 0 Å². The standard InChI is InChI=1S/C29H22NO.C17H22GeN.Ir/c1-18(2)14-19-12-13-30-27(15-19)24-9-5-8-23-26-16-21-11-10-20-6-3-4-7-22(20)25(21)17-28(26)31-29(23)24;1-13(2)15-11-17(14-9-7-6-8-10-14)19-12-16(15)18(3,4)5;/h3-8,10-13,15-18H,14H2,1-2H3;6-9,11-13H,1-5H3;/q2*-1;/i12D,13D,14D2;13D;. The van der Waals surface area contributed by atoms with E-state index in [1.165, 1.54) is 9.78 Å². The number of aromatic nitrogens is 2. The first-order valence-corrected chi connectivity index (χ1v) is 24.4. The van der Waals surface area contributed by atoms with Crippen LogP contribution >= 0.6 is 0 Å². The molecule has 0 aliphatic rings. The fourth-order valence-corrected chi connectivity index (χ4v) is 9.79. The number of pyridine rings is 2. The van der Waals surface area contributed by atoms with Gasteiger partial charge >= 0.3 is 120 Å². The molecule has 5 heteroatoms. The van der Waals surface area contributed by atoms with Gasteiger partial charge in [-0.3, -0.25) is 0 Å². The first-order valence-electron chi connectivity index (χ1n) is 19.6. The first-order chi connectivity index (χ1) is 25.9. The third kappa shape index (κ3) is 7.75. The fourth-order valence-electron chi connectivity index (χ4n) is 6.47. The minimum Gasteiger partial charge on any atom is -0.501 e. The largest absolute Gasteiger partial charge is 0.501 e. The molecule has 259 valence electrons. The summed E-state index contributed by atoms with van der Waals surface area (Å²) in [6, 6.07) is 38.2. The van der Waals surface area contributed by atoms with Crippen LogP contribution in [0.1, 0.15) is 51.6 Å². The zero-order chi connectivity index (χ0) is 39.4. The number of fused-ring (bicyclic) bond motifs is 6. The monoisotopic (exact) mass is 912 g/mol. The average molecular weight is 911 g/mol. The van der Waals surface area contributed by atoms with Crippen molar-refractivity contribution in [3.8, 4) is 22.5 Å². The van der Waals surface area contributed by atoms with E-state index in [0.29, 0.717) is 16.8 Å². The second-order valence-electron chi connectivity index (χ2n) is 14.3. The van der Waals surface area contributed by atoms with Crippen molar-refractivity contribution in [2.45, 2.75) is 57.2 Å². The number of hydrogen-bond acceptors (Lipinski definition) is 3. The van der Waals surface area contributed by atoms with Gasteiger partial charge in [0.05, 0.1) is 8.32 Å². The number of benzene rings is 5. The van der Waals surface area contributed by atoms with E-state index in [1.807, 2.05) is 62.5 Å². The maximum absolute atomic E-state index is 8.52. The van der Waals surface area contributed by atoms with E-state index in [0.717, 1.165) is 49.3 Å². The van der Waals surface area contributed by atoms with Crippen LogP contribution in [-0.4, -0.2) is 23.2 Å². The Morgan fingerprint density at radius 1 is 0.784 bits per heavy atom. The zero-order valence-electron chi connectivity index (χ0n) is 35.0. The molecule has 5 aromatic carbocycles. The molecule has 1 radical (unpaired) electrons. The molecule has 0 amide bonds. The molecule has 0 saturated carbocycles. The fraction of sp³-hybridized carbons (Fsp3) is 0.217. The van der Waals surface area contributed by atoms with E-state index in [1.54, 1.807) is 26.0 Å². The molecule has 0 saturated heterocycles. The minimum atomic E-state index is -2.03. The normalized spacial score (nSPS) is 13.6. The van der Waals surface area contributed by atoms with Crippen molar-refractivity contribution in [2.75, 3.05) is 0 Å². The van der Waals surface area contributed by atoms with E-state index in [4.69, 9.17) is 11.3 Å². The SMILES string of the molecule is [2H]C(C)(C)c1cc(-c2[c-]cccc2)nc[c]1[Ge]([CH3])([CH3])[CH3].[2H]c1nc(-c2[c-]ccc3c2oc2cc4c(ccc5ccccc54)cc23)cc(C([2H])([2H])C(C)C)c1[2H].[Ir]. The second-order valence-corrected chi connectivity index (χ2v) is 24.9. The maximum atomic E-state index is 8.52. The Balaban J connectivity index is 0.000000217. The topological polar surface area (TPSA) is 38.9 Å². The average Bonchev–Trinajstić information content (AvgIpc) is 3.52. The van der Waals surface area contributed by atoms with Gasteiger partial charge in [0.25, 0.3) is 0 Å². The summed E-state index contributed by atoms with van der Waals surface area (Å²) < 4.78 is 49.7. The Bertz CT molecular complexity index is 2720. The van der Waals surface area contributed by atoms with Crippen LogP contribution in [0.3, 0.4) is 0 Å². The molecule has 51 heavy (non-hydrogen) atoms. The molecule has 0 unspecified atom stereocenters.